The summed E-state index contributed by atoms with van der Waals surface area (Å²) in [4.78, 5) is 0. The van der Waals surface area contributed by atoms with Gasteiger partial charge in [0.25, 0.3) is 0 Å². The van der Waals surface area contributed by atoms with Crippen molar-refractivity contribution in [1.29, 1.82) is 0 Å². The second-order valence-electron chi connectivity index (χ2n) is 35.6. The van der Waals surface area contributed by atoms with Crippen LogP contribution in [-0.2, 0) is 53.6 Å². The van der Waals surface area contributed by atoms with Gasteiger partial charge in [-0.2, -0.15) is 0 Å². The molecule has 0 N–H and O–H groups in total. The Balaban J connectivity index is 0.000000143. The molecule has 0 amide bonds. The van der Waals surface area contributed by atoms with Crippen molar-refractivity contribution in [2.75, 3.05) is 0 Å². The van der Waals surface area contributed by atoms with Crippen molar-refractivity contribution in [3.63, 3.8) is 0 Å². The van der Waals surface area contributed by atoms with Gasteiger partial charge in [-0.25, -0.2) is 13.7 Å². The summed E-state index contributed by atoms with van der Waals surface area (Å²) in [5.41, 5.74) is 28.3. The van der Waals surface area contributed by atoms with Gasteiger partial charge in [0.15, 0.2) is 18.6 Å². The minimum absolute atomic E-state index is 0.0159. The Morgan fingerprint density at radius 1 is 0.237 bits per heavy atom. The Kier molecular flexibility index (Phi) is 14.8. The molecule has 570 valence electrons. The van der Waals surface area contributed by atoms with Gasteiger partial charge in [-0.05, 0) is 285 Å². The van der Waals surface area contributed by atoms with Crippen molar-refractivity contribution in [2.45, 2.75) is 178 Å². The zero-order chi connectivity index (χ0) is 93.4. The number of hydrogen-bond acceptors (Lipinski definition) is 0. The Morgan fingerprint density at radius 3 is 1.31 bits per heavy atom. The van der Waals surface area contributed by atoms with E-state index in [2.05, 4.69) is 298 Å². The Bertz CT molecular complexity index is 7070. The van der Waals surface area contributed by atoms with E-state index in [1.165, 1.54) is 140 Å². The van der Waals surface area contributed by atoms with Crippen molar-refractivity contribution in [3.8, 4) is 101 Å². The molecule has 0 saturated heterocycles. The van der Waals surface area contributed by atoms with Crippen LogP contribution in [0, 0.1) is 62.0 Å². The predicted molar refractivity (Wildman–Crippen MR) is 485 cm³/mol. The first-order valence-corrected chi connectivity index (χ1v) is 40.1. The van der Waals surface area contributed by atoms with Gasteiger partial charge in [-0.15, -0.1) is 0 Å². The standard InChI is InChI=1S/C38H40N.C37H38N.C36H36N/c1-23-13-12-14-24(2)35(23)30-21-34(39(9)22-26(30)4)29-20-33-31(19-25(29)3)36-28-16-11-10-15-27(28)17-18-32(36)37(5,6)38(33,7)8;1-23-13-9-11-15-27(23)32-21-33(38(8)22-24(32)2)28-19-20-30-31-18-17-26-14-10-12-16-29(26)35(31)37(6,7)36(4,5)34(30)25(28)3;1-23-19-33(37(7)22-31(23)25-13-9-8-10-14-25)28-17-18-29-30-20-26-15-11-12-16-27(26)21-32(30)35(3,4)36(5,6)34(29)24(28)2/h10-22H,1-9H3;9-22H,1-8H3;8-22H,1-7H3/q3*+1/i1D3,2D3,4D3;1D3,2D3;. The molecular formula is C111H114N3+3. The van der Waals surface area contributed by atoms with Crippen LogP contribution in [0.5, 0.6) is 0 Å². The molecule has 0 spiro atoms. The summed E-state index contributed by atoms with van der Waals surface area (Å²) in [6.45, 7) is 24.0. The summed E-state index contributed by atoms with van der Waals surface area (Å²) in [5.74, 6) is 0. The number of benzene rings is 12. The normalized spacial score (nSPS) is 17.8. The zero-order valence-electron chi connectivity index (χ0n) is 84.6. The van der Waals surface area contributed by atoms with E-state index in [1.54, 1.807) is 48.1 Å². The maximum atomic E-state index is 8.42. The smallest absolute Gasteiger partial charge is 0.201 e. The topological polar surface area (TPSA) is 11.6 Å². The van der Waals surface area contributed by atoms with Gasteiger partial charge >= 0.3 is 0 Å². The average molecular weight is 1510 g/mol. The minimum Gasteiger partial charge on any atom is -0.201 e. The third-order valence-corrected chi connectivity index (χ3v) is 28.0. The fraction of sp³-hybridized carbons (Fsp3) is 0.270. The highest BCUT2D eigenvalue weighted by Crippen LogP contribution is 2.61. The molecule has 3 heteroatoms. The monoisotopic (exact) mass is 1500 g/mol. The van der Waals surface area contributed by atoms with Crippen LogP contribution >= 0.6 is 0 Å². The second-order valence-corrected chi connectivity index (χ2v) is 35.6. The van der Waals surface area contributed by atoms with Gasteiger partial charge in [0.05, 0.1) is 0 Å². The predicted octanol–water partition coefficient (Wildman–Crippen LogP) is 27.5. The number of fused-ring (bicyclic) bond motifs is 14. The van der Waals surface area contributed by atoms with Crippen LogP contribution in [0.4, 0.5) is 0 Å². The largest absolute Gasteiger partial charge is 0.213 e. The van der Waals surface area contributed by atoms with Gasteiger partial charge in [-0.3, -0.25) is 0 Å². The highest BCUT2D eigenvalue weighted by molar-refractivity contribution is 6.02. The molecule has 0 bridgehead atoms. The number of aromatic nitrogens is 3. The van der Waals surface area contributed by atoms with E-state index in [1.807, 2.05) is 30.7 Å². The third-order valence-electron chi connectivity index (χ3n) is 28.0. The van der Waals surface area contributed by atoms with Crippen LogP contribution < -0.4 is 13.7 Å². The van der Waals surface area contributed by atoms with Gasteiger partial charge in [0.1, 0.15) is 21.1 Å². The maximum Gasteiger partial charge on any atom is 0.213 e. The lowest BCUT2D eigenvalue weighted by Crippen LogP contribution is -2.44. The van der Waals surface area contributed by atoms with Gasteiger partial charge in [-0.1, -0.05) is 271 Å². The summed E-state index contributed by atoms with van der Waals surface area (Å²) in [5, 5.41) is 7.48. The molecule has 15 aromatic rings. The first-order valence-electron chi connectivity index (χ1n) is 47.6. The molecule has 114 heavy (non-hydrogen) atoms. The van der Waals surface area contributed by atoms with E-state index in [-0.39, 0.29) is 71.4 Å². The van der Waals surface area contributed by atoms with E-state index in [0.717, 1.165) is 44.5 Å². The SMILES string of the molecule is Cc1cc(-c2ccc3c(c2C)C(C)(C)C(C)(C)c2cc4ccccc4cc2-3)[n+](C)cc1-c1ccccc1.[2H]C([2H])([2H])c1c[n+](C)c(-c2cc3c(cc2C)-c2c(ccc4ccccc24)C(C)(C)C3(C)C)cc1-c1c(C([2H])([2H])[2H])cccc1C([2H])([2H])[2H].[2H]C([2H])([2H])c1ccccc1-c1cc(-c2ccc3c(c2C)C(C)(C)C(C)(C)c2c-3ccc3ccccc23)[n+](C)cc1C([2H])([2H])[2H]. The van der Waals surface area contributed by atoms with Crippen molar-refractivity contribution < 1.29 is 34.3 Å². The number of nitrogens with zero attached hydrogens (tertiary/aromatic N) is 3. The molecule has 3 aromatic heterocycles. The fourth-order valence-electron chi connectivity index (χ4n) is 19.7. The molecular weight excluding hydrogens is 1380 g/mol. The van der Waals surface area contributed by atoms with Crippen LogP contribution in [0.3, 0.4) is 0 Å². The van der Waals surface area contributed by atoms with Gasteiger partial charge in [0, 0.05) is 77.6 Å². The Labute approximate surface area is 700 Å². The molecule has 3 heterocycles. The fourth-order valence-corrected chi connectivity index (χ4v) is 19.7. The first kappa shape index (κ1) is 60.5. The number of hydrogen-bond donors (Lipinski definition) is 0. The molecule has 0 saturated carbocycles. The lowest BCUT2D eigenvalue weighted by molar-refractivity contribution is -0.660. The second kappa shape index (κ2) is 27.9. The number of rotatable bonds is 6. The van der Waals surface area contributed by atoms with E-state index in [9.17, 15) is 0 Å². The molecule has 0 radical (unpaired) electrons. The lowest BCUT2D eigenvalue weighted by atomic mass is 9.54. The van der Waals surface area contributed by atoms with Gasteiger partial charge < -0.3 is 0 Å². The van der Waals surface area contributed by atoms with Crippen molar-refractivity contribution >= 4 is 32.3 Å². The van der Waals surface area contributed by atoms with E-state index in [0.29, 0.717) is 16.8 Å². The summed E-state index contributed by atoms with van der Waals surface area (Å²) in [6.07, 6.45) is 5.42. The quantitative estimate of drug-likeness (QED) is 0.147. The molecule has 18 rings (SSSR count). The van der Waals surface area contributed by atoms with E-state index >= 15 is 0 Å². The van der Waals surface area contributed by atoms with Crippen LogP contribution in [-0.4, -0.2) is 0 Å². The van der Waals surface area contributed by atoms with E-state index in [4.69, 9.17) is 20.6 Å². The molecule has 0 atom stereocenters. The number of aryl methyl sites for hydroxylation is 10. The summed E-state index contributed by atoms with van der Waals surface area (Å²) in [6, 6.07) is 80.4. The third kappa shape index (κ3) is 12.0. The van der Waals surface area contributed by atoms with Crippen LogP contribution in [0.1, 0.15) is 187 Å². The highest BCUT2D eigenvalue weighted by Gasteiger charge is 2.51. The Morgan fingerprint density at radius 2 is 0.667 bits per heavy atom. The maximum absolute atomic E-state index is 8.42. The zero-order valence-corrected chi connectivity index (χ0v) is 69.6. The molecule has 12 aromatic carbocycles. The first-order chi connectivity index (χ1) is 60.1. The Hall–Kier alpha value is -11.1. The van der Waals surface area contributed by atoms with Crippen LogP contribution in [0.2, 0.25) is 0 Å². The molecule has 3 nitrogen and oxygen atoms in total. The van der Waals surface area contributed by atoms with Crippen molar-refractivity contribution in [1.82, 2.24) is 0 Å². The molecule has 0 unspecified atom stereocenters. The van der Waals surface area contributed by atoms with Crippen LogP contribution in [0.25, 0.3) is 133 Å². The summed E-state index contributed by atoms with van der Waals surface area (Å²) in [7, 11) is 5.81. The highest BCUT2D eigenvalue weighted by atomic mass is 14.9. The van der Waals surface area contributed by atoms with Crippen LogP contribution in [0.15, 0.2) is 255 Å². The number of pyridine rings is 3. The average Bonchev–Trinajstić information content (AvgIpc) is 0.708. The minimum atomic E-state index is -2.69. The van der Waals surface area contributed by atoms with Crippen molar-refractivity contribution in [3.05, 3.63) is 339 Å². The van der Waals surface area contributed by atoms with Crippen molar-refractivity contribution in [2.24, 2.45) is 21.1 Å². The molecule has 0 fully saturated rings. The molecule has 0 aliphatic heterocycles. The molecule has 3 aliphatic rings. The van der Waals surface area contributed by atoms with Gasteiger partial charge in [0.2, 0.25) is 17.1 Å². The van der Waals surface area contributed by atoms with E-state index < -0.39 is 34.3 Å². The molecule has 3 aliphatic carbocycles. The summed E-state index contributed by atoms with van der Waals surface area (Å²) >= 11 is 0. The summed E-state index contributed by atoms with van der Waals surface area (Å²) < 4.78 is 130. The lowest BCUT2D eigenvalue weighted by Gasteiger charge is -2.49.